The molecule has 0 bridgehead atoms. The third-order valence-electron chi connectivity index (χ3n) is 5.11. The van der Waals surface area contributed by atoms with E-state index in [-0.39, 0.29) is 37.1 Å². The van der Waals surface area contributed by atoms with Gasteiger partial charge in [-0.1, -0.05) is 18.2 Å². The molecular formula is C19H20N4O4. The van der Waals surface area contributed by atoms with E-state index in [1.165, 1.54) is 4.90 Å². The van der Waals surface area contributed by atoms with Crippen molar-refractivity contribution in [2.45, 2.75) is 25.0 Å². The molecular weight excluding hydrogens is 348 g/mol. The minimum atomic E-state index is -0.557. The number of hydrogen-bond donors (Lipinski definition) is 3. The number of hydrogen-bond acceptors (Lipinski definition) is 5. The summed E-state index contributed by atoms with van der Waals surface area (Å²) in [5.74, 6) is -0.662. The van der Waals surface area contributed by atoms with Gasteiger partial charge < -0.3 is 15.3 Å². The molecule has 1 aliphatic carbocycles. The maximum Gasteiger partial charge on any atom is 0.325 e. The molecule has 1 saturated heterocycles. The lowest BCUT2D eigenvalue weighted by molar-refractivity contribution is -0.123. The molecule has 2 heterocycles. The van der Waals surface area contributed by atoms with Gasteiger partial charge in [-0.05, 0) is 36.5 Å². The van der Waals surface area contributed by atoms with Crippen LogP contribution in [0.1, 0.15) is 24.4 Å². The predicted molar refractivity (Wildman–Crippen MR) is 96.5 cm³/mol. The number of urea groups is 1. The van der Waals surface area contributed by atoms with Crippen LogP contribution in [-0.2, 0) is 9.59 Å². The van der Waals surface area contributed by atoms with Crippen molar-refractivity contribution in [3.05, 3.63) is 42.1 Å². The van der Waals surface area contributed by atoms with Crippen LogP contribution in [0, 0.1) is 5.92 Å². The summed E-state index contributed by atoms with van der Waals surface area (Å²) in [6.07, 6.45) is 2.58. The van der Waals surface area contributed by atoms with Gasteiger partial charge >= 0.3 is 6.03 Å². The highest BCUT2D eigenvalue weighted by Gasteiger charge is 2.37. The number of nitrogens with one attached hydrogen (secondary N) is 2. The Kier molecular flexibility index (Phi) is 4.49. The summed E-state index contributed by atoms with van der Waals surface area (Å²) in [5, 5.41) is 15.8. The monoisotopic (exact) mass is 368 g/mol. The normalized spacial score (nSPS) is 23.1. The van der Waals surface area contributed by atoms with Crippen molar-refractivity contribution in [1.82, 2.24) is 20.5 Å². The molecule has 0 spiro atoms. The Morgan fingerprint density at radius 3 is 2.81 bits per heavy atom. The quantitative estimate of drug-likeness (QED) is 0.673. The van der Waals surface area contributed by atoms with Gasteiger partial charge in [-0.15, -0.1) is 0 Å². The Morgan fingerprint density at radius 1 is 1.33 bits per heavy atom. The molecule has 2 aliphatic rings. The summed E-state index contributed by atoms with van der Waals surface area (Å²) in [6, 6.07) is 8.85. The second-order valence-electron chi connectivity index (χ2n) is 7.10. The van der Waals surface area contributed by atoms with Gasteiger partial charge in [-0.3, -0.25) is 19.9 Å². The maximum absolute atomic E-state index is 12.5. The number of aromatic nitrogens is 1. The lowest BCUT2D eigenvalue weighted by atomic mass is 9.75. The number of imide groups is 1. The lowest BCUT2D eigenvalue weighted by Gasteiger charge is -2.38. The summed E-state index contributed by atoms with van der Waals surface area (Å²) in [7, 11) is 0. The van der Waals surface area contributed by atoms with Crippen molar-refractivity contribution < 1.29 is 19.5 Å². The fourth-order valence-electron chi connectivity index (χ4n) is 3.64. The zero-order valence-electron chi connectivity index (χ0n) is 14.6. The Labute approximate surface area is 155 Å². The highest BCUT2D eigenvalue weighted by Crippen LogP contribution is 2.38. The number of rotatable bonds is 5. The molecule has 1 saturated carbocycles. The van der Waals surface area contributed by atoms with Crippen molar-refractivity contribution in [2.75, 3.05) is 13.1 Å². The van der Waals surface area contributed by atoms with E-state index >= 15 is 0 Å². The highest BCUT2D eigenvalue weighted by atomic mass is 16.3. The van der Waals surface area contributed by atoms with Gasteiger partial charge in [0.25, 0.3) is 0 Å². The Hall–Kier alpha value is -3.00. The van der Waals surface area contributed by atoms with Gasteiger partial charge in [0.15, 0.2) is 0 Å². The topological polar surface area (TPSA) is 112 Å². The molecule has 0 unspecified atom stereocenters. The summed E-state index contributed by atoms with van der Waals surface area (Å²) in [5.41, 5.74) is 1.73. The fraction of sp³-hybridized carbons (Fsp3) is 0.368. The van der Waals surface area contributed by atoms with Crippen LogP contribution in [0.3, 0.4) is 0 Å². The van der Waals surface area contributed by atoms with Gasteiger partial charge in [0.05, 0.1) is 17.7 Å². The summed E-state index contributed by atoms with van der Waals surface area (Å²) >= 11 is 0. The molecule has 4 rings (SSSR count). The molecule has 8 heteroatoms. The van der Waals surface area contributed by atoms with Crippen LogP contribution in [0.15, 0.2) is 36.5 Å². The zero-order chi connectivity index (χ0) is 19.0. The standard InChI is InChI=1S/C19H20N4O4/c24-14-6-12(7-14)18(13-5-11-3-1-2-4-15(11)20-8-13)21-16(25)9-23-10-17(26)22-19(23)27/h1-5,8,12,14,18,24H,6-7,9-10H2,(H,21,25)(H,22,26,27)/t12?,14?,18-/m0/s1. The van der Waals surface area contributed by atoms with Crippen molar-refractivity contribution in [1.29, 1.82) is 0 Å². The highest BCUT2D eigenvalue weighted by molar-refractivity contribution is 6.03. The second-order valence-corrected chi connectivity index (χ2v) is 7.10. The number of aliphatic hydroxyl groups is 1. The molecule has 8 nitrogen and oxygen atoms in total. The van der Waals surface area contributed by atoms with E-state index in [0.29, 0.717) is 12.8 Å². The number of pyridine rings is 1. The van der Waals surface area contributed by atoms with E-state index in [9.17, 15) is 19.5 Å². The van der Waals surface area contributed by atoms with E-state index in [1.807, 2.05) is 30.3 Å². The van der Waals surface area contributed by atoms with E-state index in [0.717, 1.165) is 16.5 Å². The van der Waals surface area contributed by atoms with E-state index < -0.39 is 11.9 Å². The molecule has 3 N–H and O–H groups in total. The van der Waals surface area contributed by atoms with Crippen LogP contribution in [-0.4, -0.2) is 52.0 Å². The first-order chi connectivity index (χ1) is 13.0. The van der Waals surface area contributed by atoms with Crippen LogP contribution < -0.4 is 10.6 Å². The van der Waals surface area contributed by atoms with Crippen LogP contribution in [0.5, 0.6) is 0 Å². The third kappa shape index (κ3) is 3.61. The molecule has 1 aromatic heterocycles. The van der Waals surface area contributed by atoms with E-state index in [1.54, 1.807) is 6.20 Å². The first-order valence-electron chi connectivity index (χ1n) is 8.90. The fourth-order valence-corrected chi connectivity index (χ4v) is 3.64. The molecule has 2 aromatic rings. The number of carbonyl (C=O) groups excluding carboxylic acids is 3. The second kappa shape index (κ2) is 6.96. The number of fused-ring (bicyclic) bond motifs is 1. The van der Waals surface area contributed by atoms with Gasteiger partial charge in [0.1, 0.15) is 13.1 Å². The lowest BCUT2D eigenvalue weighted by Crippen LogP contribution is -2.45. The van der Waals surface area contributed by atoms with E-state index in [2.05, 4.69) is 15.6 Å². The number of nitrogens with zero attached hydrogens (tertiary/aromatic N) is 2. The molecule has 4 amide bonds. The SMILES string of the molecule is O=C1CN(CC(=O)N[C@H](c2cnc3ccccc3c2)C2CC(O)C2)C(=O)N1. The number of aliphatic hydroxyl groups excluding tert-OH is 1. The molecule has 0 radical (unpaired) electrons. The molecule has 27 heavy (non-hydrogen) atoms. The van der Waals surface area contributed by atoms with Crippen molar-refractivity contribution in [3.63, 3.8) is 0 Å². The van der Waals surface area contributed by atoms with Gasteiger partial charge in [0, 0.05) is 11.6 Å². The molecule has 1 atom stereocenters. The number of para-hydroxylation sites is 1. The Balaban J connectivity index is 1.52. The van der Waals surface area contributed by atoms with Crippen molar-refractivity contribution in [3.8, 4) is 0 Å². The van der Waals surface area contributed by atoms with Crippen molar-refractivity contribution in [2.24, 2.45) is 5.92 Å². The summed E-state index contributed by atoms with van der Waals surface area (Å²) in [6.45, 7) is -0.305. The Bertz CT molecular complexity index is 909. The third-order valence-corrected chi connectivity index (χ3v) is 5.11. The Morgan fingerprint density at radius 2 is 2.11 bits per heavy atom. The van der Waals surface area contributed by atoms with Crippen molar-refractivity contribution >= 4 is 28.7 Å². The molecule has 140 valence electrons. The minimum Gasteiger partial charge on any atom is -0.393 e. The number of benzene rings is 1. The molecule has 2 fully saturated rings. The smallest absolute Gasteiger partial charge is 0.325 e. The van der Waals surface area contributed by atoms with Crippen LogP contribution in [0.4, 0.5) is 4.79 Å². The van der Waals surface area contributed by atoms with Gasteiger partial charge in [0.2, 0.25) is 11.8 Å². The summed E-state index contributed by atoms with van der Waals surface area (Å²) < 4.78 is 0. The zero-order valence-corrected chi connectivity index (χ0v) is 14.6. The van der Waals surface area contributed by atoms with E-state index in [4.69, 9.17) is 0 Å². The minimum absolute atomic E-state index is 0.0981. The average Bonchev–Trinajstić information content (AvgIpc) is 2.94. The molecule has 1 aliphatic heterocycles. The van der Waals surface area contributed by atoms with Crippen LogP contribution in [0.2, 0.25) is 0 Å². The van der Waals surface area contributed by atoms with Crippen LogP contribution >= 0.6 is 0 Å². The molecule has 1 aromatic carbocycles. The first kappa shape index (κ1) is 17.4. The average molecular weight is 368 g/mol. The number of carbonyl (C=O) groups is 3. The maximum atomic E-state index is 12.5. The first-order valence-corrected chi connectivity index (χ1v) is 8.90. The number of amides is 4. The summed E-state index contributed by atoms with van der Waals surface area (Å²) in [4.78, 5) is 41.0. The van der Waals surface area contributed by atoms with Crippen LogP contribution in [0.25, 0.3) is 10.9 Å². The van der Waals surface area contributed by atoms with Gasteiger partial charge in [-0.2, -0.15) is 0 Å². The predicted octanol–water partition coefficient (Wildman–Crippen LogP) is 0.715. The van der Waals surface area contributed by atoms with Gasteiger partial charge in [-0.25, -0.2) is 4.79 Å². The largest absolute Gasteiger partial charge is 0.393 e.